The second-order valence-electron chi connectivity index (χ2n) is 11.4. The number of rotatable bonds is 7. The number of piperidine rings is 1. The maximum Gasteiger partial charge on any atom is 0.227 e. The first kappa shape index (κ1) is 23.2. The molecule has 4 heterocycles. The zero-order valence-electron chi connectivity index (χ0n) is 20.6. The summed E-state index contributed by atoms with van der Waals surface area (Å²) in [6.07, 6.45) is 7.86. The van der Waals surface area contributed by atoms with Crippen molar-refractivity contribution >= 4 is 45.7 Å². The molecule has 2 aliphatic heterocycles. The standard InChI is InChI=1S/C26H30Cl2N6O2/c1-24(13-36-14-24)33-5-3-16(4-6-33)18-8-20-17(7-19(18)27)9-29-23(31-20)32-21-10-30-34(22(21)28)26-11-25(26,12-26)15-35-2/h7-10,16H,3-6,11-15H2,1-2H3,(H,29,31,32). The molecule has 2 saturated carbocycles. The maximum atomic E-state index is 6.74. The van der Waals surface area contributed by atoms with Crippen molar-refractivity contribution in [2.75, 3.05) is 45.3 Å². The summed E-state index contributed by atoms with van der Waals surface area (Å²) in [5.74, 6) is 0.919. The molecule has 2 aromatic heterocycles. The average Bonchev–Trinajstić information content (AvgIpc) is 3.62. The summed E-state index contributed by atoms with van der Waals surface area (Å²) in [5.41, 5.74) is 3.19. The minimum Gasteiger partial charge on any atom is -0.384 e. The molecular formula is C26H30Cl2N6O2. The molecule has 2 aliphatic carbocycles. The molecule has 1 N–H and O–H groups in total. The maximum absolute atomic E-state index is 6.74. The fourth-order valence-electron chi connectivity index (χ4n) is 6.45. The summed E-state index contributed by atoms with van der Waals surface area (Å²) in [6, 6.07) is 4.12. The first-order valence-electron chi connectivity index (χ1n) is 12.7. The summed E-state index contributed by atoms with van der Waals surface area (Å²) in [6.45, 7) is 6.83. The first-order valence-corrected chi connectivity index (χ1v) is 13.4. The molecule has 0 unspecified atom stereocenters. The van der Waals surface area contributed by atoms with E-state index < -0.39 is 0 Å². The number of likely N-dealkylation sites (tertiary alicyclic amines) is 1. The molecule has 7 rings (SSSR count). The number of methoxy groups -OCH3 is 1. The van der Waals surface area contributed by atoms with Crippen LogP contribution in [0.25, 0.3) is 10.9 Å². The Morgan fingerprint density at radius 2 is 1.94 bits per heavy atom. The molecule has 4 aliphatic rings. The van der Waals surface area contributed by atoms with E-state index in [0.29, 0.717) is 22.7 Å². The topological polar surface area (TPSA) is 77.3 Å². The van der Waals surface area contributed by atoms with E-state index in [1.54, 1.807) is 13.3 Å². The van der Waals surface area contributed by atoms with Gasteiger partial charge in [-0.3, -0.25) is 4.90 Å². The number of fused-ring (bicyclic) bond motifs is 2. The van der Waals surface area contributed by atoms with Gasteiger partial charge in [-0.25, -0.2) is 14.6 Å². The SMILES string of the molecule is COCC12CC1(n1ncc(Nc3ncc4cc(Cl)c(C5CCN(C6(C)COC6)CC5)cc4n3)c1Cl)C2. The van der Waals surface area contributed by atoms with E-state index in [4.69, 9.17) is 37.7 Å². The van der Waals surface area contributed by atoms with Crippen LogP contribution in [0.5, 0.6) is 0 Å². The summed E-state index contributed by atoms with van der Waals surface area (Å²) in [7, 11) is 1.75. The Bertz CT molecular complexity index is 1340. The largest absolute Gasteiger partial charge is 0.384 e. The highest BCUT2D eigenvalue weighted by Crippen LogP contribution is 2.83. The van der Waals surface area contributed by atoms with Crippen LogP contribution in [0.3, 0.4) is 0 Å². The van der Waals surface area contributed by atoms with Gasteiger partial charge in [0.25, 0.3) is 0 Å². The molecule has 1 aromatic carbocycles. The van der Waals surface area contributed by atoms with Gasteiger partial charge in [-0.15, -0.1) is 0 Å². The molecule has 0 spiro atoms. The third-order valence-electron chi connectivity index (χ3n) is 9.00. The lowest BCUT2D eigenvalue weighted by atomic mass is 9.86. The molecule has 3 aromatic rings. The lowest BCUT2D eigenvalue weighted by Gasteiger charge is -2.50. The van der Waals surface area contributed by atoms with Gasteiger partial charge in [0.15, 0.2) is 5.15 Å². The fraction of sp³-hybridized carbons (Fsp3) is 0.577. The summed E-state index contributed by atoms with van der Waals surface area (Å²) < 4.78 is 12.8. The van der Waals surface area contributed by atoms with Gasteiger partial charge >= 0.3 is 0 Å². The zero-order chi connectivity index (χ0) is 24.7. The molecule has 8 nitrogen and oxygen atoms in total. The van der Waals surface area contributed by atoms with Crippen LogP contribution in [0, 0.1) is 5.41 Å². The Labute approximate surface area is 220 Å². The third-order valence-corrected chi connectivity index (χ3v) is 9.70. The van der Waals surface area contributed by atoms with Crippen LogP contribution in [0.4, 0.5) is 11.6 Å². The predicted molar refractivity (Wildman–Crippen MR) is 139 cm³/mol. The summed E-state index contributed by atoms with van der Waals surface area (Å²) in [4.78, 5) is 11.9. The number of hydrogen-bond acceptors (Lipinski definition) is 7. The normalized spacial score (nSPS) is 29.1. The Morgan fingerprint density at radius 1 is 1.17 bits per heavy atom. The van der Waals surface area contributed by atoms with Crippen LogP contribution in [-0.4, -0.2) is 70.2 Å². The molecule has 0 radical (unpaired) electrons. The van der Waals surface area contributed by atoms with E-state index in [0.717, 1.165) is 74.5 Å². The van der Waals surface area contributed by atoms with Crippen LogP contribution >= 0.6 is 23.2 Å². The predicted octanol–water partition coefficient (Wildman–Crippen LogP) is 4.98. The molecule has 4 fully saturated rings. The van der Waals surface area contributed by atoms with Crippen molar-refractivity contribution in [1.82, 2.24) is 24.6 Å². The van der Waals surface area contributed by atoms with E-state index in [2.05, 4.69) is 33.3 Å². The van der Waals surface area contributed by atoms with Gasteiger partial charge in [0.1, 0.15) is 0 Å². The highest BCUT2D eigenvalue weighted by molar-refractivity contribution is 6.32. The first-order chi connectivity index (χ1) is 17.4. The number of nitrogens with one attached hydrogen (secondary N) is 1. The molecule has 0 bridgehead atoms. The number of benzene rings is 1. The second kappa shape index (κ2) is 8.01. The Kier molecular flexibility index (Phi) is 5.16. The van der Waals surface area contributed by atoms with Crippen molar-refractivity contribution in [3.63, 3.8) is 0 Å². The van der Waals surface area contributed by atoms with Crippen molar-refractivity contribution in [2.24, 2.45) is 5.41 Å². The van der Waals surface area contributed by atoms with Crippen LogP contribution < -0.4 is 5.32 Å². The van der Waals surface area contributed by atoms with Gasteiger partial charge in [0, 0.05) is 29.1 Å². The third kappa shape index (κ3) is 3.42. The van der Waals surface area contributed by atoms with Gasteiger partial charge in [0.05, 0.1) is 48.3 Å². The molecule has 190 valence electrons. The monoisotopic (exact) mass is 528 g/mol. The molecular weight excluding hydrogens is 499 g/mol. The molecule has 0 amide bonds. The lowest BCUT2D eigenvalue weighted by Crippen LogP contribution is -2.61. The van der Waals surface area contributed by atoms with Crippen LogP contribution in [0.1, 0.15) is 44.1 Å². The Balaban J connectivity index is 1.10. The van der Waals surface area contributed by atoms with Gasteiger partial charge in [0.2, 0.25) is 5.95 Å². The number of halogens is 2. The second-order valence-corrected chi connectivity index (χ2v) is 12.1. The zero-order valence-corrected chi connectivity index (χ0v) is 22.1. The smallest absolute Gasteiger partial charge is 0.227 e. The highest BCUT2D eigenvalue weighted by Gasteiger charge is 2.85. The van der Waals surface area contributed by atoms with Gasteiger partial charge < -0.3 is 14.8 Å². The summed E-state index contributed by atoms with van der Waals surface area (Å²) in [5, 5.41) is 10.2. The quantitative estimate of drug-likeness (QED) is 0.463. The van der Waals surface area contributed by atoms with Gasteiger partial charge in [-0.05, 0) is 69.3 Å². The van der Waals surface area contributed by atoms with Crippen molar-refractivity contribution in [2.45, 2.75) is 49.6 Å². The van der Waals surface area contributed by atoms with Crippen molar-refractivity contribution in [3.05, 3.63) is 40.3 Å². The van der Waals surface area contributed by atoms with E-state index >= 15 is 0 Å². The van der Waals surface area contributed by atoms with Crippen molar-refractivity contribution in [1.29, 1.82) is 0 Å². The van der Waals surface area contributed by atoms with Crippen LogP contribution in [0.2, 0.25) is 10.2 Å². The molecule has 36 heavy (non-hydrogen) atoms. The van der Waals surface area contributed by atoms with Gasteiger partial charge in [-0.1, -0.05) is 23.2 Å². The molecule has 2 saturated heterocycles. The molecule has 0 atom stereocenters. The van der Waals surface area contributed by atoms with Crippen LogP contribution in [0.15, 0.2) is 24.5 Å². The highest BCUT2D eigenvalue weighted by atomic mass is 35.5. The van der Waals surface area contributed by atoms with E-state index in [1.165, 1.54) is 5.56 Å². The number of anilines is 2. The number of nitrogens with zero attached hydrogens (tertiary/aromatic N) is 5. The number of hydrogen-bond donors (Lipinski definition) is 1. The minimum atomic E-state index is 0.0224. The van der Waals surface area contributed by atoms with E-state index in [9.17, 15) is 0 Å². The van der Waals surface area contributed by atoms with Crippen molar-refractivity contribution in [3.8, 4) is 0 Å². The van der Waals surface area contributed by atoms with E-state index in [1.807, 2.05) is 16.9 Å². The van der Waals surface area contributed by atoms with Crippen LogP contribution in [-0.2, 0) is 15.0 Å². The van der Waals surface area contributed by atoms with Gasteiger partial charge in [-0.2, -0.15) is 5.10 Å². The number of ether oxygens (including phenoxy) is 2. The number of aromatic nitrogens is 4. The minimum absolute atomic E-state index is 0.0224. The molecule has 10 heteroatoms. The Morgan fingerprint density at radius 3 is 2.64 bits per heavy atom. The average molecular weight is 529 g/mol. The lowest BCUT2D eigenvalue weighted by molar-refractivity contribution is -0.136. The van der Waals surface area contributed by atoms with Crippen molar-refractivity contribution < 1.29 is 9.47 Å². The Hall–Kier alpha value is -1.97. The fourth-order valence-corrected chi connectivity index (χ4v) is 7.08. The summed E-state index contributed by atoms with van der Waals surface area (Å²) >= 11 is 13.5. The van der Waals surface area contributed by atoms with E-state index in [-0.39, 0.29) is 16.5 Å².